The molecule has 1 aliphatic heterocycles. The number of carboxylic acid groups (broad SMARTS) is 1. The molecule has 1 fully saturated rings. The van der Waals surface area contributed by atoms with Crippen molar-refractivity contribution in [2.45, 2.75) is 38.7 Å². The van der Waals surface area contributed by atoms with Crippen molar-refractivity contribution < 1.29 is 24.2 Å². The summed E-state index contributed by atoms with van der Waals surface area (Å²) in [6, 6.07) is 14.0. The van der Waals surface area contributed by atoms with Gasteiger partial charge < -0.3 is 15.1 Å². The minimum Gasteiger partial charge on any atom is -0.481 e. The Morgan fingerprint density at radius 1 is 1.21 bits per heavy atom. The number of likely N-dealkylation sites (tertiary alicyclic amines) is 1. The highest BCUT2D eigenvalue weighted by Gasteiger charge is 2.49. The van der Waals surface area contributed by atoms with Crippen LogP contribution >= 0.6 is 0 Å². The number of amides is 1. The third-order valence-electron chi connectivity index (χ3n) is 5.85. The van der Waals surface area contributed by atoms with Gasteiger partial charge in [-0.05, 0) is 55.9 Å². The third kappa shape index (κ3) is 4.48. The minimum atomic E-state index is -1.42. The maximum atomic E-state index is 13.9. The predicted octanol–water partition coefficient (Wildman–Crippen LogP) is 3.43. The van der Waals surface area contributed by atoms with Gasteiger partial charge in [0.1, 0.15) is 11.2 Å². The first-order valence-electron chi connectivity index (χ1n) is 9.84. The largest absolute Gasteiger partial charge is 0.481 e. The molecule has 1 saturated heterocycles. The second kappa shape index (κ2) is 8.74. The van der Waals surface area contributed by atoms with Crippen LogP contribution in [-0.2, 0) is 11.2 Å². The molecule has 5 nitrogen and oxygen atoms in total. The normalized spacial score (nSPS) is 21.8. The average molecular weight is 399 g/mol. The highest BCUT2D eigenvalue weighted by molar-refractivity contribution is 5.95. The fourth-order valence-corrected chi connectivity index (χ4v) is 3.98. The number of hydrogen-bond donors (Lipinski definition) is 2. The summed E-state index contributed by atoms with van der Waals surface area (Å²) in [5.41, 5.74) is 0.303. The van der Waals surface area contributed by atoms with Gasteiger partial charge in [0.25, 0.3) is 5.91 Å². The number of benzene rings is 2. The first-order valence-corrected chi connectivity index (χ1v) is 9.84. The molecule has 3 rings (SSSR count). The van der Waals surface area contributed by atoms with Crippen LogP contribution in [0.5, 0.6) is 0 Å². The quantitative estimate of drug-likeness (QED) is 0.780. The molecule has 2 aromatic rings. The zero-order valence-electron chi connectivity index (χ0n) is 16.5. The van der Waals surface area contributed by atoms with Gasteiger partial charge in [-0.3, -0.25) is 9.59 Å². The summed E-state index contributed by atoms with van der Waals surface area (Å²) in [5.74, 6) is -1.99. The Balaban J connectivity index is 1.76. The fraction of sp³-hybridized carbons (Fsp3) is 0.391. The smallest absolute Gasteiger partial charge is 0.314 e. The zero-order chi connectivity index (χ0) is 21.0. The van der Waals surface area contributed by atoms with E-state index in [1.165, 1.54) is 17.0 Å². The Morgan fingerprint density at radius 3 is 2.59 bits per heavy atom. The lowest BCUT2D eigenvalue weighted by Crippen LogP contribution is -2.57. The molecule has 0 unspecified atom stereocenters. The molecular weight excluding hydrogens is 373 g/mol. The first-order chi connectivity index (χ1) is 13.8. The predicted molar refractivity (Wildman–Crippen MR) is 107 cm³/mol. The van der Waals surface area contributed by atoms with Crippen LogP contribution in [0.25, 0.3) is 0 Å². The third-order valence-corrected chi connectivity index (χ3v) is 5.85. The van der Waals surface area contributed by atoms with Crippen LogP contribution in [0, 0.1) is 18.2 Å². The number of aliphatic hydroxyl groups is 1. The highest BCUT2D eigenvalue weighted by Crippen LogP contribution is 2.36. The van der Waals surface area contributed by atoms with E-state index in [-0.39, 0.29) is 31.5 Å². The molecule has 0 aliphatic carbocycles. The van der Waals surface area contributed by atoms with Crippen molar-refractivity contribution in [3.63, 3.8) is 0 Å². The van der Waals surface area contributed by atoms with Gasteiger partial charge in [-0.15, -0.1) is 0 Å². The number of piperidine rings is 1. The number of nitrogens with zero attached hydrogens (tertiary/aromatic N) is 1. The van der Waals surface area contributed by atoms with Crippen LogP contribution in [0.1, 0.15) is 40.7 Å². The molecule has 2 aromatic carbocycles. The number of carboxylic acids is 1. The standard InChI is InChI=1S/C23H26FNO4/c1-16-9-10-18(14-19(16)24)21(27)25-13-11-20(26)23(15-25,22(28)29)12-5-8-17-6-3-2-4-7-17/h2-4,6-7,9-10,14,20,26H,5,8,11-13,15H2,1H3,(H,28,29)/t20-,23-/m1/s1. The van der Waals surface area contributed by atoms with Crippen LogP contribution in [0.3, 0.4) is 0 Å². The van der Waals surface area contributed by atoms with Crippen LogP contribution in [0.2, 0.25) is 0 Å². The maximum absolute atomic E-state index is 13.9. The molecule has 2 N–H and O–H groups in total. The molecule has 29 heavy (non-hydrogen) atoms. The number of rotatable bonds is 6. The molecule has 0 radical (unpaired) electrons. The van der Waals surface area contributed by atoms with E-state index < -0.39 is 29.2 Å². The number of aliphatic hydroxyl groups excluding tert-OH is 1. The van der Waals surface area contributed by atoms with Crippen molar-refractivity contribution in [1.82, 2.24) is 4.90 Å². The van der Waals surface area contributed by atoms with E-state index in [2.05, 4.69) is 0 Å². The zero-order valence-corrected chi connectivity index (χ0v) is 16.5. The van der Waals surface area contributed by atoms with E-state index in [4.69, 9.17) is 0 Å². The van der Waals surface area contributed by atoms with Gasteiger partial charge in [0, 0.05) is 18.7 Å². The van der Waals surface area contributed by atoms with Gasteiger partial charge in [-0.1, -0.05) is 36.4 Å². The molecular formula is C23H26FNO4. The number of carbonyl (C=O) groups excluding carboxylic acids is 1. The molecule has 0 spiro atoms. The highest BCUT2D eigenvalue weighted by atomic mass is 19.1. The Labute approximate surface area is 169 Å². The summed E-state index contributed by atoms with van der Waals surface area (Å²) >= 11 is 0. The maximum Gasteiger partial charge on any atom is 0.314 e. The molecule has 154 valence electrons. The van der Waals surface area contributed by atoms with Gasteiger partial charge in [-0.25, -0.2) is 4.39 Å². The number of aryl methyl sites for hydroxylation is 2. The molecule has 0 saturated carbocycles. The second-order valence-corrected chi connectivity index (χ2v) is 7.80. The molecule has 1 heterocycles. The SMILES string of the molecule is Cc1ccc(C(=O)N2CC[C@@H](O)[C@](CCCc3ccccc3)(C(=O)O)C2)cc1F. The summed E-state index contributed by atoms with van der Waals surface area (Å²) in [4.78, 5) is 26.5. The summed E-state index contributed by atoms with van der Waals surface area (Å²) in [5, 5.41) is 20.5. The number of hydrogen-bond acceptors (Lipinski definition) is 3. The molecule has 1 amide bonds. The lowest BCUT2D eigenvalue weighted by atomic mass is 9.73. The van der Waals surface area contributed by atoms with Gasteiger partial charge in [-0.2, -0.15) is 0 Å². The molecule has 0 aromatic heterocycles. The van der Waals surface area contributed by atoms with Crippen molar-refractivity contribution in [3.05, 3.63) is 71.0 Å². The average Bonchev–Trinajstić information content (AvgIpc) is 2.71. The summed E-state index contributed by atoms with van der Waals surface area (Å²) in [6.45, 7) is 1.76. The summed E-state index contributed by atoms with van der Waals surface area (Å²) in [6.07, 6.45) is 0.672. The molecule has 1 aliphatic rings. The van der Waals surface area contributed by atoms with E-state index in [1.54, 1.807) is 13.0 Å². The van der Waals surface area contributed by atoms with Gasteiger partial charge >= 0.3 is 5.97 Å². The van der Waals surface area contributed by atoms with Gasteiger partial charge in [0.2, 0.25) is 0 Å². The van der Waals surface area contributed by atoms with E-state index in [9.17, 15) is 24.2 Å². The van der Waals surface area contributed by atoms with E-state index in [0.29, 0.717) is 18.4 Å². The van der Waals surface area contributed by atoms with Gasteiger partial charge in [0.05, 0.1) is 6.10 Å². The number of aliphatic carboxylic acids is 1. The topological polar surface area (TPSA) is 77.8 Å². The van der Waals surface area contributed by atoms with Gasteiger partial charge in [0.15, 0.2) is 0 Å². The van der Waals surface area contributed by atoms with E-state index in [0.717, 1.165) is 5.56 Å². The number of halogens is 1. The Hall–Kier alpha value is -2.73. The van der Waals surface area contributed by atoms with Crippen molar-refractivity contribution in [1.29, 1.82) is 0 Å². The van der Waals surface area contributed by atoms with Crippen molar-refractivity contribution in [2.24, 2.45) is 5.41 Å². The minimum absolute atomic E-state index is 0.0907. The molecule has 0 bridgehead atoms. The van der Waals surface area contributed by atoms with Crippen LogP contribution < -0.4 is 0 Å². The van der Waals surface area contributed by atoms with Crippen molar-refractivity contribution in [3.8, 4) is 0 Å². The molecule has 6 heteroatoms. The Bertz CT molecular complexity index is 886. The Morgan fingerprint density at radius 2 is 1.93 bits per heavy atom. The molecule has 2 atom stereocenters. The van der Waals surface area contributed by atoms with E-state index in [1.807, 2.05) is 30.3 Å². The van der Waals surface area contributed by atoms with E-state index >= 15 is 0 Å². The Kier molecular flexibility index (Phi) is 6.33. The van der Waals surface area contributed by atoms with Crippen LogP contribution in [0.15, 0.2) is 48.5 Å². The lowest BCUT2D eigenvalue weighted by molar-refractivity contribution is -0.162. The monoisotopic (exact) mass is 399 g/mol. The van der Waals surface area contributed by atoms with Crippen molar-refractivity contribution in [2.75, 3.05) is 13.1 Å². The second-order valence-electron chi connectivity index (χ2n) is 7.80. The van der Waals surface area contributed by atoms with Crippen molar-refractivity contribution >= 4 is 11.9 Å². The van der Waals surface area contributed by atoms with Crippen LogP contribution in [0.4, 0.5) is 4.39 Å². The fourth-order valence-electron chi connectivity index (χ4n) is 3.98. The number of carbonyl (C=O) groups is 2. The summed E-state index contributed by atoms with van der Waals surface area (Å²) in [7, 11) is 0. The first kappa shape index (κ1) is 21.0. The lowest BCUT2D eigenvalue weighted by Gasteiger charge is -2.43. The summed E-state index contributed by atoms with van der Waals surface area (Å²) < 4.78 is 13.9. The van der Waals surface area contributed by atoms with Crippen LogP contribution in [-0.4, -0.2) is 46.2 Å².